The fourth-order valence-corrected chi connectivity index (χ4v) is 9.88. The van der Waals surface area contributed by atoms with Crippen LogP contribution < -0.4 is 5.32 Å². The summed E-state index contributed by atoms with van der Waals surface area (Å²) in [5.74, 6) is 1.83. The number of hydrogen-bond acceptors (Lipinski definition) is 7. The van der Waals surface area contributed by atoms with Gasteiger partial charge in [-0.05, 0) is 90.0 Å². The molecule has 12 nitrogen and oxygen atoms in total. The molecule has 1 saturated carbocycles. The Morgan fingerprint density at radius 3 is 2.05 bits per heavy atom. The number of benzene rings is 3. The first-order valence-electron chi connectivity index (χ1n) is 21.5. The minimum absolute atomic E-state index is 0. The van der Waals surface area contributed by atoms with E-state index in [1.807, 2.05) is 31.9 Å². The van der Waals surface area contributed by atoms with Crippen LogP contribution in [0.1, 0.15) is 96.9 Å². The van der Waals surface area contributed by atoms with Crippen LogP contribution in [0.4, 0.5) is 4.79 Å². The van der Waals surface area contributed by atoms with E-state index in [1.54, 1.807) is 0 Å². The molecular formula is C47H67N7O5S5. The van der Waals surface area contributed by atoms with Crippen LogP contribution in [0.3, 0.4) is 0 Å². The van der Waals surface area contributed by atoms with Crippen molar-refractivity contribution in [3.8, 4) is 22.4 Å². The molecule has 3 aliphatic heterocycles. The van der Waals surface area contributed by atoms with Crippen molar-refractivity contribution in [1.82, 2.24) is 35.1 Å². The van der Waals surface area contributed by atoms with Crippen molar-refractivity contribution in [2.24, 2.45) is 28.6 Å². The summed E-state index contributed by atoms with van der Waals surface area (Å²) in [4.78, 5) is 61.2. The number of aromatic nitrogens is 4. The molecule has 4 fully saturated rings. The number of rotatable bonds is 9. The van der Waals surface area contributed by atoms with Gasteiger partial charge in [-0.25, -0.2) is 14.8 Å². The Hall–Kier alpha value is -3.48. The maximum absolute atomic E-state index is 14.0. The fourth-order valence-electron chi connectivity index (χ4n) is 9.88. The molecule has 3 aromatic carbocycles. The average Bonchev–Trinajstić information content (AvgIpc) is 3.66. The van der Waals surface area contributed by atoms with Gasteiger partial charge in [-0.3, -0.25) is 9.59 Å². The molecule has 350 valence electrons. The minimum atomic E-state index is -0.684. The zero-order chi connectivity index (χ0) is 41.2. The highest BCUT2D eigenvalue weighted by molar-refractivity contribution is 7.60. The van der Waals surface area contributed by atoms with Crippen molar-refractivity contribution < 1.29 is 23.9 Å². The number of methoxy groups -OCH3 is 1. The van der Waals surface area contributed by atoms with Gasteiger partial charge >= 0.3 is 6.09 Å². The molecule has 17 heteroatoms. The van der Waals surface area contributed by atoms with E-state index in [9.17, 15) is 14.4 Å². The first-order valence-corrected chi connectivity index (χ1v) is 21.5. The zero-order valence-corrected chi connectivity index (χ0v) is 42.6. The summed E-state index contributed by atoms with van der Waals surface area (Å²) in [7, 11) is 1.32. The predicted molar refractivity (Wildman–Crippen MR) is 279 cm³/mol. The quantitative estimate of drug-likeness (QED) is 0.134. The molecule has 3 saturated heterocycles. The molecule has 0 radical (unpaired) electrons. The van der Waals surface area contributed by atoms with Gasteiger partial charge in [0.15, 0.2) is 0 Å². The molecule has 3 amide bonds. The number of ether oxygens (including phenoxy) is 2. The van der Waals surface area contributed by atoms with Crippen molar-refractivity contribution >= 4 is 107 Å². The van der Waals surface area contributed by atoms with Gasteiger partial charge in [-0.1, -0.05) is 77.1 Å². The lowest BCUT2D eigenvalue weighted by Gasteiger charge is -2.33. The molecule has 0 unspecified atom stereocenters. The molecule has 2 aromatic heterocycles. The first kappa shape index (κ1) is 53.1. The summed E-state index contributed by atoms with van der Waals surface area (Å²) in [5.41, 5.74) is 6.09. The van der Waals surface area contributed by atoms with E-state index in [1.165, 1.54) is 7.11 Å². The summed E-state index contributed by atoms with van der Waals surface area (Å²) >= 11 is 0. The Kier molecular flexibility index (Phi) is 17.4. The molecule has 5 heterocycles. The number of imidazole rings is 2. The lowest BCUT2D eigenvalue weighted by Crippen LogP contribution is -2.51. The Bertz CT molecular complexity index is 2410. The van der Waals surface area contributed by atoms with Crippen LogP contribution >= 0.6 is 67.5 Å². The van der Waals surface area contributed by atoms with Gasteiger partial charge in [-0.15, -0.1) is 0 Å². The van der Waals surface area contributed by atoms with E-state index < -0.39 is 12.1 Å². The Labute approximate surface area is 411 Å². The van der Waals surface area contributed by atoms with Gasteiger partial charge in [0.05, 0.1) is 48.7 Å². The maximum Gasteiger partial charge on any atom is 0.407 e. The number of likely N-dealkylation sites (tertiary alicyclic amines) is 2. The van der Waals surface area contributed by atoms with Gasteiger partial charge in [0.2, 0.25) is 11.8 Å². The second-order valence-electron chi connectivity index (χ2n) is 18.7. The van der Waals surface area contributed by atoms with Crippen molar-refractivity contribution in [2.45, 2.75) is 91.3 Å². The maximum atomic E-state index is 14.0. The van der Waals surface area contributed by atoms with E-state index >= 15 is 0 Å². The molecule has 1 aliphatic carbocycles. The number of carbonyl (C=O) groups excluding carboxylic acids is 3. The highest BCUT2D eigenvalue weighted by Crippen LogP contribution is 2.58. The number of carbonyl (C=O) groups is 3. The van der Waals surface area contributed by atoms with E-state index in [-0.39, 0.29) is 120 Å². The second kappa shape index (κ2) is 21.0. The molecule has 9 rings (SSSR count). The summed E-state index contributed by atoms with van der Waals surface area (Å²) in [6.07, 6.45) is 7.29. The molecule has 5 aromatic rings. The Balaban J connectivity index is 0.00000180. The first-order chi connectivity index (χ1) is 28.4. The number of alkyl carbamates (subject to hydrolysis) is 1. The number of nitrogens with zero attached hydrogens (tertiary/aromatic N) is 4. The largest absolute Gasteiger partial charge is 0.453 e. The summed E-state index contributed by atoms with van der Waals surface area (Å²) in [6, 6.07) is 18.2. The summed E-state index contributed by atoms with van der Waals surface area (Å²) in [6.45, 7) is 13.0. The van der Waals surface area contributed by atoms with Crippen molar-refractivity contribution in [3.05, 3.63) is 72.4 Å². The molecule has 4 aliphatic rings. The molecule has 64 heavy (non-hydrogen) atoms. The molecule has 5 atom stereocenters. The predicted octanol–water partition coefficient (Wildman–Crippen LogP) is 9.13. The Morgan fingerprint density at radius 1 is 0.766 bits per heavy atom. The molecule has 2 spiro atoms. The van der Waals surface area contributed by atoms with Crippen molar-refractivity contribution in [1.29, 1.82) is 0 Å². The van der Waals surface area contributed by atoms with Crippen LogP contribution in [0.25, 0.3) is 44.2 Å². The highest BCUT2D eigenvalue weighted by atomic mass is 32.1. The summed E-state index contributed by atoms with van der Waals surface area (Å²) in [5, 5.41) is 4.90. The third kappa shape index (κ3) is 10.1. The number of aromatic amines is 2. The van der Waals surface area contributed by atoms with Crippen LogP contribution in [0.15, 0.2) is 60.8 Å². The van der Waals surface area contributed by atoms with E-state index in [4.69, 9.17) is 19.4 Å². The summed E-state index contributed by atoms with van der Waals surface area (Å²) < 4.78 is 10.8. The molecule has 0 bridgehead atoms. The smallest absolute Gasteiger partial charge is 0.407 e. The van der Waals surface area contributed by atoms with Gasteiger partial charge < -0.3 is 34.6 Å². The van der Waals surface area contributed by atoms with Gasteiger partial charge in [0.1, 0.15) is 17.7 Å². The van der Waals surface area contributed by atoms with Crippen molar-refractivity contribution in [3.63, 3.8) is 0 Å². The average molecular weight is 970 g/mol. The Morgan fingerprint density at radius 2 is 1.41 bits per heavy atom. The normalized spacial score (nSPS) is 21.7. The molecule has 3 N–H and O–H groups in total. The monoisotopic (exact) mass is 969 g/mol. The van der Waals surface area contributed by atoms with E-state index in [0.717, 1.165) is 101 Å². The van der Waals surface area contributed by atoms with Crippen LogP contribution in [-0.2, 0) is 19.1 Å². The lowest BCUT2D eigenvalue weighted by atomic mass is 9.80. The van der Waals surface area contributed by atoms with Crippen LogP contribution in [0, 0.1) is 28.6 Å². The third-order valence-corrected chi connectivity index (χ3v) is 14.0. The number of amides is 3. The van der Waals surface area contributed by atoms with Gasteiger partial charge in [0.25, 0.3) is 0 Å². The second-order valence-corrected chi connectivity index (χ2v) is 18.7. The van der Waals surface area contributed by atoms with Crippen LogP contribution in [0.5, 0.6) is 0 Å². The fraction of sp³-hybridized carbons (Fsp3) is 0.511. The highest BCUT2D eigenvalue weighted by Gasteiger charge is 2.55. The standard InChI is InChI=1S/C47H57N7O5.5H2S/c1-27(2)29(5)43(55)53-25-47(16-7-19-59-26-47)22-37(53)41-48-23-36(50-41)31-10-8-30(9-11-31)32-12-14-34-33(20-32)13-15-35-40(34)51-42(49-35)38-21-46(17-18-46)24-54(38)44(56)39(28(3)4)52-45(57)58-6;;;;;/h8-15,20,23,27-29,37-39H,7,16-19,21-22,24-26H2,1-6H3,(H,48,50)(H,49,51)(H,52,57);5*1H2/t29-,37-,38-,39-,47-;;;;;/m0...../s1. The van der Waals surface area contributed by atoms with Crippen molar-refractivity contribution in [2.75, 3.05) is 33.4 Å². The SMILES string of the molecule is COC(=O)N[C@H](C(=O)N1CC2(CC2)C[C@H]1c1nc2c(ccc3cc(-c4ccc(-c5cnc([C@@H]6C[C@@]7(CCCOC7)CN6C(=O)[C@@H](C)C(C)C)[nH]5)cc4)ccc32)[nH]1)C(C)C.S.S.S.S.S. The third-order valence-electron chi connectivity index (χ3n) is 14.0. The number of hydrogen-bond donors (Lipinski definition) is 3. The van der Waals surface area contributed by atoms with Crippen LogP contribution in [-0.4, -0.2) is 87.1 Å². The minimum Gasteiger partial charge on any atom is -0.453 e. The molecular weight excluding hydrogens is 903 g/mol. The number of nitrogens with one attached hydrogen (secondary N) is 3. The van der Waals surface area contributed by atoms with Gasteiger partial charge in [-0.2, -0.15) is 67.5 Å². The number of H-pyrrole nitrogens is 2. The zero-order valence-electron chi connectivity index (χ0n) is 37.6. The number of fused-ring (bicyclic) bond motifs is 3. The van der Waals surface area contributed by atoms with Gasteiger partial charge in [0, 0.05) is 36.4 Å². The topological polar surface area (TPSA) is 146 Å². The lowest BCUT2D eigenvalue weighted by molar-refractivity contribution is -0.138. The van der Waals surface area contributed by atoms with Crippen LogP contribution in [0.2, 0.25) is 0 Å². The van der Waals surface area contributed by atoms with E-state index in [2.05, 4.69) is 88.6 Å². The van der Waals surface area contributed by atoms with E-state index in [0.29, 0.717) is 19.7 Å².